The van der Waals surface area contributed by atoms with Crippen LogP contribution in [-0.4, -0.2) is 44.2 Å². The summed E-state index contributed by atoms with van der Waals surface area (Å²) in [5, 5.41) is 0. The molecule has 0 amide bonds. The minimum Gasteiger partial charge on any atom is -0.369 e. The van der Waals surface area contributed by atoms with Crippen molar-refractivity contribution < 1.29 is 4.39 Å². The van der Waals surface area contributed by atoms with Crippen molar-refractivity contribution in [1.29, 1.82) is 0 Å². The first-order valence-electron chi connectivity index (χ1n) is 7.55. The van der Waals surface area contributed by atoms with Gasteiger partial charge in [-0.2, -0.15) is 0 Å². The van der Waals surface area contributed by atoms with Crippen molar-refractivity contribution in [3.05, 3.63) is 29.6 Å². The van der Waals surface area contributed by atoms with Crippen molar-refractivity contribution in [2.24, 2.45) is 11.7 Å². The molecule has 20 heavy (non-hydrogen) atoms. The van der Waals surface area contributed by atoms with Gasteiger partial charge in [0.1, 0.15) is 5.82 Å². The summed E-state index contributed by atoms with van der Waals surface area (Å²) >= 11 is 0. The van der Waals surface area contributed by atoms with Gasteiger partial charge < -0.3 is 10.6 Å². The van der Waals surface area contributed by atoms with Crippen LogP contribution in [0.1, 0.15) is 19.4 Å². The number of benzene rings is 1. The zero-order valence-corrected chi connectivity index (χ0v) is 12.6. The van der Waals surface area contributed by atoms with E-state index in [1.54, 1.807) is 12.1 Å². The number of nitrogens with zero attached hydrogens (tertiary/aromatic N) is 2. The third-order valence-electron chi connectivity index (χ3n) is 3.74. The zero-order valence-electron chi connectivity index (χ0n) is 12.6. The number of piperazine rings is 1. The molecule has 0 radical (unpaired) electrons. The molecule has 0 unspecified atom stereocenters. The Kier molecular flexibility index (Phi) is 5.38. The fourth-order valence-corrected chi connectivity index (χ4v) is 2.83. The molecule has 0 aliphatic carbocycles. The molecule has 112 valence electrons. The molecule has 0 atom stereocenters. The van der Waals surface area contributed by atoms with Gasteiger partial charge in [-0.05, 0) is 42.6 Å². The Labute approximate surface area is 121 Å². The summed E-state index contributed by atoms with van der Waals surface area (Å²) in [6, 6.07) is 5.30. The lowest BCUT2D eigenvalue weighted by atomic mass is 10.1. The van der Waals surface area contributed by atoms with E-state index >= 15 is 0 Å². The fourth-order valence-electron chi connectivity index (χ4n) is 2.83. The maximum absolute atomic E-state index is 13.7. The summed E-state index contributed by atoms with van der Waals surface area (Å²) in [4.78, 5) is 4.77. The second-order valence-corrected chi connectivity index (χ2v) is 6.04. The predicted molar refractivity (Wildman–Crippen MR) is 82.6 cm³/mol. The van der Waals surface area contributed by atoms with E-state index in [0.29, 0.717) is 12.5 Å². The van der Waals surface area contributed by atoms with Crippen LogP contribution in [0.5, 0.6) is 0 Å². The van der Waals surface area contributed by atoms with Gasteiger partial charge in [-0.25, -0.2) is 4.39 Å². The summed E-state index contributed by atoms with van der Waals surface area (Å²) in [6.45, 7) is 10.3. The molecule has 1 aliphatic rings. The molecule has 0 aromatic heterocycles. The monoisotopic (exact) mass is 279 g/mol. The van der Waals surface area contributed by atoms with Gasteiger partial charge in [-0.15, -0.1) is 0 Å². The third-order valence-corrected chi connectivity index (χ3v) is 3.74. The van der Waals surface area contributed by atoms with Crippen LogP contribution in [0, 0.1) is 11.7 Å². The lowest BCUT2D eigenvalue weighted by Gasteiger charge is -2.37. The van der Waals surface area contributed by atoms with E-state index < -0.39 is 0 Å². The van der Waals surface area contributed by atoms with E-state index in [0.717, 1.165) is 50.4 Å². The first-order valence-corrected chi connectivity index (χ1v) is 7.55. The Morgan fingerprint density at radius 3 is 2.45 bits per heavy atom. The minimum atomic E-state index is -0.157. The van der Waals surface area contributed by atoms with Gasteiger partial charge in [0.25, 0.3) is 0 Å². The van der Waals surface area contributed by atoms with Gasteiger partial charge in [-0.3, -0.25) is 4.90 Å². The number of halogens is 1. The van der Waals surface area contributed by atoms with Crippen LogP contribution in [0.15, 0.2) is 18.2 Å². The van der Waals surface area contributed by atoms with Crippen LogP contribution in [0.25, 0.3) is 0 Å². The van der Waals surface area contributed by atoms with Crippen LogP contribution >= 0.6 is 0 Å². The standard InChI is InChI=1S/C16H26FN3/c1-13(2)12-19-5-7-20(8-6-19)16-10-14(3-4-18)9-15(17)11-16/h9-11,13H,3-8,12,18H2,1-2H3. The summed E-state index contributed by atoms with van der Waals surface area (Å²) in [6.07, 6.45) is 0.734. The maximum atomic E-state index is 13.7. The molecule has 3 nitrogen and oxygen atoms in total. The van der Waals surface area contributed by atoms with Gasteiger partial charge in [0.15, 0.2) is 0 Å². The zero-order chi connectivity index (χ0) is 14.5. The SMILES string of the molecule is CC(C)CN1CCN(c2cc(F)cc(CCN)c2)CC1. The van der Waals surface area contributed by atoms with Crippen LogP contribution in [-0.2, 0) is 6.42 Å². The van der Waals surface area contributed by atoms with E-state index in [-0.39, 0.29) is 5.82 Å². The molecule has 1 aromatic carbocycles. The van der Waals surface area contributed by atoms with E-state index in [1.807, 2.05) is 0 Å². The Hall–Kier alpha value is -1.13. The number of rotatable bonds is 5. The first kappa shape index (κ1) is 15.3. The highest BCUT2D eigenvalue weighted by molar-refractivity contribution is 5.49. The predicted octanol–water partition coefficient (Wildman–Crippen LogP) is 2.10. The molecular weight excluding hydrogens is 253 g/mol. The van der Waals surface area contributed by atoms with Crippen molar-refractivity contribution in [3.8, 4) is 0 Å². The first-order chi connectivity index (χ1) is 9.58. The average molecular weight is 279 g/mol. The smallest absolute Gasteiger partial charge is 0.125 e. The molecule has 0 saturated carbocycles. The van der Waals surface area contributed by atoms with Crippen LogP contribution in [0.2, 0.25) is 0 Å². The van der Waals surface area contributed by atoms with E-state index in [1.165, 1.54) is 0 Å². The Bertz CT molecular complexity index is 426. The second-order valence-electron chi connectivity index (χ2n) is 6.04. The highest BCUT2D eigenvalue weighted by atomic mass is 19.1. The number of hydrogen-bond donors (Lipinski definition) is 1. The van der Waals surface area contributed by atoms with E-state index in [2.05, 4.69) is 29.7 Å². The molecule has 2 rings (SSSR count). The highest BCUT2D eigenvalue weighted by Crippen LogP contribution is 2.20. The molecule has 1 heterocycles. The number of nitrogens with two attached hydrogens (primary N) is 1. The third kappa shape index (κ3) is 4.18. The van der Waals surface area contributed by atoms with Crippen molar-refractivity contribution in [1.82, 2.24) is 4.90 Å². The summed E-state index contributed by atoms with van der Waals surface area (Å²) in [5.74, 6) is 0.544. The summed E-state index contributed by atoms with van der Waals surface area (Å²) in [5.41, 5.74) is 7.55. The Morgan fingerprint density at radius 1 is 1.15 bits per heavy atom. The van der Waals surface area contributed by atoms with Gasteiger partial charge in [0.2, 0.25) is 0 Å². The van der Waals surface area contributed by atoms with Crippen molar-refractivity contribution in [2.75, 3.05) is 44.2 Å². The van der Waals surface area contributed by atoms with Gasteiger partial charge in [-0.1, -0.05) is 13.8 Å². The summed E-state index contributed by atoms with van der Waals surface area (Å²) in [7, 11) is 0. The molecule has 1 fully saturated rings. The van der Waals surface area contributed by atoms with Crippen molar-refractivity contribution in [2.45, 2.75) is 20.3 Å². The lowest BCUT2D eigenvalue weighted by Crippen LogP contribution is -2.47. The quantitative estimate of drug-likeness (QED) is 0.896. The maximum Gasteiger partial charge on any atom is 0.125 e. The van der Waals surface area contributed by atoms with E-state index in [9.17, 15) is 4.39 Å². The largest absolute Gasteiger partial charge is 0.369 e. The molecule has 0 bridgehead atoms. The van der Waals surface area contributed by atoms with Crippen LogP contribution in [0.3, 0.4) is 0 Å². The van der Waals surface area contributed by atoms with Crippen molar-refractivity contribution in [3.63, 3.8) is 0 Å². The second kappa shape index (κ2) is 7.04. The van der Waals surface area contributed by atoms with Gasteiger partial charge in [0, 0.05) is 38.4 Å². The molecular formula is C16H26FN3. The molecule has 1 saturated heterocycles. The van der Waals surface area contributed by atoms with E-state index in [4.69, 9.17) is 5.73 Å². The molecule has 2 N–H and O–H groups in total. The van der Waals surface area contributed by atoms with Crippen LogP contribution in [0.4, 0.5) is 10.1 Å². The van der Waals surface area contributed by atoms with Gasteiger partial charge in [0.05, 0.1) is 0 Å². The molecule has 0 spiro atoms. The fraction of sp³-hybridized carbons (Fsp3) is 0.625. The number of anilines is 1. The molecule has 4 heteroatoms. The Morgan fingerprint density at radius 2 is 1.85 bits per heavy atom. The lowest BCUT2D eigenvalue weighted by molar-refractivity contribution is 0.231. The normalized spacial score (nSPS) is 16.9. The summed E-state index contributed by atoms with van der Waals surface area (Å²) < 4.78 is 13.7. The van der Waals surface area contributed by atoms with Crippen molar-refractivity contribution >= 4 is 5.69 Å². The average Bonchev–Trinajstić information content (AvgIpc) is 2.38. The molecule has 1 aromatic rings. The van der Waals surface area contributed by atoms with Crippen LogP contribution < -0.4 is 10.6 Å². The molecule has 1 aliphatic heterocycles. The minimum absolute atomic E-state index is 0.157. The Balaban J connectivity index is 1.99. The van der Waals surface area contributed by atoms with Gasteiger partial charge >= 0.3 is 0 Å². The number of hydrogen-bond acceptors (Lipinski definition) is 3. The highest BCUT2D eigenvalue weighted by Gasteiger charge is 2.18. The topological polar surface area (TPSA) is 32.5 Å².